The van der Waals surface area contributed by atoms with Crippen molar-refractivity contribution < 1.29 is 0 Å². The van der Waals surface area contributed by atoms with Gasteiger partial charge in [-0.3, -0.25) is 4.98 Å². The number of nitrogens with zero attached hydrogens (tertiary/aromatic N) is 2. The van der Waals surface area contributed by atoms with Crippen LogP contribution < -0.4 is 10.6 Å². The van der Waals surface area contributed by atoms with Gasteiger partial charge < -0.3 is 10.6 Å². The summed E-state index contributed by atoms with van der Waals surface area (Å²) in [5.74, 6) is 0. The molecule has 2 aromatic rings. The minimum absolute atomic E-state index is 0.310. The lowest BCUT2D eigenvalue weighted by Crippen LogP contribution is -2.19. The second kappa shape index (κ2) is 5.14. The average Bonchev–Trinajstić information content (AvgIpc) is 2.39. The third kappa shape index (κ3) is 2.49. The van der Waals surface area contributed by atoms with Crippen LogP contribution >= 0.6 is 12.2 Å². The van der Waals surface area contributed by atoms with Gasteiger partial charge in [-0.1, -0.05) is 29.9 Å². The number of nitrogens with two attached hydrogens (primary N) is 1. The van der Waals surface area contributed by atoms with Crippen LogP contribution in [0.15, 0.2) is 42.6 Å². The predicted molar refractivity (Wildman–Crippen MR) is 79.4 cm³/mol. The molecule has 3 nitrogen and oxygen atoms in total. The fourth-order valence-corrected chi connectivity index (χ4v) is 1.92. The summed E-state index contributed by atoms with van der Waals surface area (Å²) >= 11 is 5.03. The molecule has 0 fully saturated rings. The molecule has 0 unspecified atom stereocenters. The number of benzene rings is 1. The van der Waals surface area contributed by atoms with E-state index in [0.717, 1.165) is 11.4 Å². The zero-order valence-corrected chi connectivity index (χ0v) is 11.2. The monoisotopic (exact) mass is 257 g/mol. The first-order valence-electron chi connectivity index (χ1n) is 5.65. The molecular weight excluding hydrogens is 242 g/mol. The Bertz CT molecular complexity index is 564. The lowest BCUT2D eigenvalue weighted by atomic mass is 10.2. The van der Waals surface area contributed by atoms with E-state index < -0.39 is 0 Å². The Hall–Kier alpha value is -1.94. The Morgan fingerprint density at radius 1 is 1.22 bits per heavy atom. The number of pyridine rings is 1. The van der Waals surface area contributed by atoms with Gasteiger partial charge in [-0.2, -0.15) is 0 Å². The van der Waals surface area contributed by atoms with E-state index in [9.17, 15) is 0 Å². The van der Waals surface area contributed by atoms with Crippen molar-refractivity contribution >= 4 is 28.6 Å². The summed E-state index contributed by atoms with van der Waals surface area (Å²) in [6.45, 7) is 2.06. The van der Waals surface area contributed by atoms with E-state index in [2.05, 4.69) is 36.2 Å². The summed E-state index contributed by atoms with van der Waals surface area (Å²) < 4.78 is 0. The Balaban J connectivity index is 2.42. The topological polar surface area (TPSA) is 42.2 Å². The third-order valence-electron chi connectivity index (χ3n) is 2.80. The van der Waals surface area contributed by atoms with E-state index in [4.69, 9.17) is 18.0 Å². The molecule has 0 amide bonds. The maximum atomic E-state index is 5.70. The van der Waals surface area contributed by atoms with Gasteiger partial charge in [-0.05, 0) is 31.2 Å². The highest BCUT2D eigenvalue weighted by atomic mass is 32.1. The van der Waals surface area contributed by atoms with Gasteiger partial charge >= 0.3 is 0 Å². The minimum atomic E-state index is 0.310. The second-order valence-electron chi connectivity index (χ2n) is 4.13. The van der Waals surface area contributed by atoms with Crippen LogP contribution in [-0.4, -0.2) is 17.0 Å². The molecule has 1 aromatic carbocycles. The molecule has 0 saturated carbocycles. The summed E-state index contributed by atoms with van der Waals surface area (Å²) in [6.07, 6.45) is 1.70. The van der Waals surface area contributed by atoms with Crippen LogP contribution in [0.3, 0.4) is 0 Å². The quantitative estimate of drug-likeness (QED) is 0.859. The Kier molecular flexibility index (Phi) is 3.58. The number of thiocarbonyl (C=S) groups is 1. The van der Waals surface area contributed by atoms with Crippen LogP contribution in [-0.2, 0) is 0 Å². The van der Waals surface area contributed by atoms with E-state index in [1.807, 2.05) is 24.1 Å². The highest BCUT2D eigenvalue weighted by Gasteiger charge is 2.11. The zero-order chi connectivity index (χ0) is 13.1. The molecule has 0 saturated heterocycles. The van der Waals surface area contributed by atoms with Crippen molar-refractivity contribution in [2.24, 2.45) is 5.73 Å². The van der Waals surface area contributed by atoms with Gasteiger partial charge in [0.1, 0.15) is 10.7 Å². The minimum Gasteiger partial charge on any atom is -0.388 e. The fraction of sp³-hybridized carbons (Fsp3) is 0.143. The Morgan fingerprint density at radius 2 is 1.89 bits per heavy atom. The van der Waals surface area contributed by atoms with Crippen LogP contribution in [0.2, 0.25) is 0 Å². The molecule has 0 aliphatic rings. The van der Waals surface area contributed by atoms with Gasteiger partial charge in [0, 0.05) is 18.9 Å². The molecule has 0 spiro atoms. The molecule has 2 N–H and O–H groups in total. The molecule has 1 aromatic heterocycles. The maximum Gasteiger partial charge on any atom is 0.124 e. The molecule has 0 aliphatic carbocycles. The van der Waals surface area contributed by atoms with Crippen molar-refractivity contribution in [3.05, 3.63) is 53.9 Å². The van der Waals surface area contributed by atoms with Crippen molar-refractivity contribution in [3.63, 3.8) is 0 Å². The summed E-state index contributed by atoms with van der Waals surface area (Å²) in [5.41, 5.74) is 9.56. The van der Waals surface area contributed by atoms with Gasteiger partial charge in [0.2, 0.25) is 0 Å². The van der Waals surface area contributed by atoms with Crippen molar-refractivity contribution in [1.82, 2.24) is 4.98 Å². The van der Waals surface area contributed by atoms with Crippen molar-refractivity contribution in [2.45, 2.75) is 6.92 Å². The molecular formula is C14H15N3S. The van der Waals surface area contributed by atoms with Gasteiger partial charge in [0.05, 0.1) is 5.69 Å². The summed E-state index contributed by atoms with van der Waals surface area (Å²) in [7, 11) is 1.98. The van der Waals surface area contributed by atoms with Gasteiger partial charge in [0.25, 0.3) is 0 Å². The molecule has 0 bridgehead atoms. The van der Waals surface area contributed by atoms with E-state index in [0.29, 0.717) is 10.7 Å². The molecule has 18 heavy (non-hydrogen) atoms. The first-order chi connectivity index (χ1) is 8.59. The van der Waals surface area contributed by atoms with E-state index >= 15 is 0 Å². The Morgan fingerprint density at radius 3 is 2.50 bits per heavy atom. The van der Waals surface area contributed by atoms with Crippen LogP contribution in [0.4, 0.5) is 11.4 Å². The molecule has 92 valence electrons. The largest absolute Gasteiger partial charge is 0.388 e. The number of aryl methyl sites for hydroxylation is 1. The van der Waals surface area contributed by atoms with Gasteiger partial charge in [0.15, 0.2) is 0 Å². The van der Waals surface area contributed by atoms with Crippen LogP contribution in [0.5, 0.6) is 0 Å². The van der Waals surface area contributed by atoms with E-state index in [-0.39, 0.29) is 0 Å². The summed E-state index contributed by atoms with van der Waals surface area (Å²) in [4.78, 5) is 6.57. The summed E-state index contributed by atoms with van der Waals surface area (Å²) in [6, 6.07) is 12.1. The van der Waals surface area contributed by atoms with Crippen LogP contribution in [0, 0.1) is 6.92 Å². The lowest BCUT2D eigenvalue weighted by Gasteiger charge is -2.21. The second-order valence-corrected chi connectivity index (χ2v) is 4.57. The van der Waals surface area contributed by atoms with Crippen LogP contribution in [0.1, 0.15) is 11.3 Å². The van der Waals surface area contributed by atoms with Crippen molar-refractivity contribution in [1.29, 1.82) is 0 Å². The predicted octanol–water partition coefficient (Wildman–Crippen LogP) is 2.79. The highest BCUT2D eigenvalue weighted by Crippen LogP contribution is 2.25. The number of anilines is 2. The summed E-state index contributed by atoms with van der Waals surface area (Å²) in [5, 5.41) is 0. The fourth-order valence-electron chi connectivity index (χ4n) is 1.76. The van der Waals surface area contributed by atoms with E-state index in [1.54, 1.807) is 6.20 Å². The van der Waals surface area contributed by atoms with Gasteiger partial charge in [-0.25, -0.2) is 0 Å². The number of rotatable bonds is 3. The van der Waals surface area contributed by atoms with Crippen molar-refractivity contribution in [3.8, 4) is 0 Å². The normalized spacial score (nSPS) is 10.1. The number of hydrogen-bond donors (Lipinski definition) is 1. The molecule has 2 rings (SSSR count). The smallest absolute Gasteiger partial charge is 0.124 e. The molecule has 0 radical (unpaired) electrons. The zero-order valence-electron chi connectivity index (χ0n) is 10.4. The molecule has 0 atom stereocenters. The number of hydrogen-bond acceptors (Lipinski definition) is 3. The number of aromatic nitrogens is 1. The SMILES string of the molecule is Cc1ccc(N(C)c2cccnc2C(N)=S)cc1. The standard InChI is InChI=1S/C14H15N3S/c1-10-5-7-11(8-6-10)17(2)12-4-3-9-16-13(12)14(15)18/h3-9H,1-2H3,(H2,15,18). The lowest BCUT2D eigenvalue weighted by molar-refractivity contribution is 1.16. The van der Waals surface area contributed by atoms with Crippen LogP contribution in [0.25, 0.3) is 0 Å². The highest BCUT2D eigenvalue weighted by molar-refractivity contribution is 7.80. The van der Waals surface area contributed by atoms with Crippen molar-refractivity contribution in [2.75, 3.05) is 11.9 Å². The molecule has 1 heterocycles. The average molecular weight is 257 g/mol. The van der Waals surface area contributed by atoms with Gasteiger partial charge in [-0.15, -0.1) is 0 Å². The first-order valence-corrected chi connectivity index (χ1v) is 6.05. The van der Waals surface area contributed by atoms with E-state index in [1.165, 1.54) is 5.56 Å². The third-order valence-corrected chi connectivity index (χ3v) is 3.00. The Labute approximate surface area is 112 Å². The molecule has 4 heteroatoms. The maximum absolute atomic E-state index is 5.70. The first kappa shape index (κ1) is 12.5. The molecule has 0 aliphatic heterocycles.